The van der Waals surface area contributed by atoms with Crippen LogP contribution in [0.1, 0.15) is 57.9 Å². The van der Waals surface area contributed by atoms with Gasteiger partial charge in [0, 0.05) is 56.3 Å². The third-order valence-corrected chi connectivity index (χ3v) is 5.75. The summed E-state index contributed by atoms with van der Waals surface area (Å²) in [5, 5.41) is 3.82. The number of nitrogens with zero attached hydrogens (tertiary/aromatic N) is 2. The molecule has 1 unspecified atom stereocenters. The summed E-state index contributed by atoms with van der Waals surface area (Å²) < 4.78 is 0. The standard InChI is InChI=1S/C23H36ClN3O2/c1-4-12-26(13-5-2)23(29)8-6-7-22(28)25-16-19-11-14-27(17-19)21-15-20(24)10-9-18(21)3/h9-10,15,19H,4-8,11-14,16-17H2,1-3H3,(H,25,28). The summed E-state index contributed by atoms with van der Waals surface area (Å²) >= 11 is 6.15. The van der Waals surface area contributed by atoms with Gasteiger partial charge < -0.3 is 15.1 Å². The fourth-order valence-corrected chi connectivity index (χ4v) is 4.11. The van der Waals surface area contributed by atoms with E-state index in [9.17, 15) is 9.59 Å². The first kappa shape index (κ1) is 23.5. The summed E-state index contributed by atoms with van der Waals surface area (Å²) in [6.45, 7) is 10.5. The van der Waals surface area contributed by atoms with Gasteiger partial charge in [-0.3, -0.25) is 9.59 Å². The molecule has 2 rings (SSSR count). The summed E-state index contributed by atoms with van der Waals surface area (Å²) in [6, 6.07) is 5.99. The average molecular weight is 422 g/mol. The third kappa shape index (κ3) is 7.54. The Kier molecular flexibility index (Phi) is 9.79. The molecule has 1 aliphatic rings. The van der Waals surface area contributed by atoms with Crippen LogP contribution in [-0.4, -0.2) is 49.4 Å². The van der Waals surface area contributed by atoms with Crippen LogP contribution in [0.2, 0.25) is 5.02 Å². The summed E-state index contributed by atoms with van der Waals surface area (Å²) in [7, 11) is 0. The topological polar surface area (TPSA) is 52.7 Å². The Morgan fingerprint density at radius 1 is 1.21 bits per heavy atom. The van der Waals surface area contributed by atoms with Gasteiger partial charge in [0.25, 0.3) is 0 Å². The van der Waals surface area contributed by atoms with Crippen molar-refractivity contribution in [3.8, 4) is 0 Å². The van der Waals surface area contributed by atoms with Crippen LogP contribution in [0.3, 0.4) is 0 Å². The molecule has 0 bridgehead atoms. The van der Waals surface area contributed by atoms with Crippen molar-refractivity contribution in [1.29, 1.82) is 0 Å². The number of halogens is 1. The van der Waals surface area contributed by atoms with Crippen LogP contribution >= 0.6 is 11.6 Å². The van der Waals surface area contributed by atoms with Gasteiger partial charge in [0.1, 0.15) is 0 Å². The molecule has 1 aromatic carbocycles. The van der Waals surface area contributed by atoms with Gasteiger partial charge in [-0.2, -0.15) is 0 Å². The fourth-order valence-electron chi connectivity index (χ4n) is 3.95. The van der Waals surface area contributed by atoms with Crippen molar-refractivity contribution in [1.82, 2.24) is 10.2 Å². The molecule has 0 radical (unpaired) electrons. The highest BCUT2D eigenvalue weighted by molar-refractivity contribution is 6.30. The van der Waals surface area contributed by atoms with Gasteiger partial charge in [0.2, 0.25) is 11.8 Å². The number of rotatable bonds is 11. The molecule has 1 fully saturated rings. The number of hydrogen-bond donors (Lipinski definition) is 1. The van der Waals surface area contributed by atoms with Crippen molar-refractivity contribution in [3.05, 3.63) is 28.8 Å². The van der Waals surface area contributed by atoms with E-state index >= 15 is 0 Å². The fraction of sp³-hybridized carbons (Fsp3) is 0.652. The maximum atomic E-state index is 12.3. The number of carbonyl (C=O) groups excluding carboxylic acids is 2. The number of hydrogen-bond acceptors (Lipinski definition) is 3. The van der Waals surface area contributed by atoms with Gasteiger partial charge in [0.05, 0.1) is 0 Å². The minimum absolute atomic E-state index is 0.0488. The SMILES string of the molecule is CCCN(CCC)C(=O)CCCC(=O)NCC1CCN(c2cc(Cl)ccc2C)C1. The monoisotopic (exact) mass is 421 g/mol. The van der Waals surface area contributed by atoms with Gasteiger partial charge in [-0.25, -0.2) is 0 Å². The molecule has 1 saturated heterocycles. The zero-order valence-electron chi connectivity index (χ0n) is 18.2. The van der Waals surface area contributed by atoms with Crippen molar-refractivity contribution in [3.63, 3.8) is 0 Å². The highest BCUT2D eigenvalue weighted by Crippen LogP contribution is 2.29. The Morgan fingerprint density at radius 3 is 2.62 bits per heavy atom. The lowest BCUT2D eigenvalue weighted by Crippen LogP contribution is -2.33. The third-order valence-electron chi connectivity index (χ3n) is 5.52. The number of anilines is 1. The van der Waals surface area contributed by atoms with Crippen molar-refractivity contribution in [2.24, 2.45) is 5.92 Å². The molecule has 0 spiro atoms. The second kappa shape index (κ2) is 12.1. The maximum Gasteiger partial charge on any atom is 0.222 e. The maximum absolute atomic E-state index is 12.3. The molecule has 1 aliphatic heterocycles. The van der Waals surface area contributed by atoms with Crippen molar-refractivity contribution < 1.29 is 9.59 Å². The summed E-state index contributed by atoms with van der Waals surface area (Å²) in [4.78, 5) is 28.7. The molecule has 162 valence electrons. The van der Waals surface area contributed by atoms with E-state index in [4.69, 9.17) is 11.6 Å². The zero-order chi connectivity index (χ0) is 21.2. The number of nitrogens with one attached hydrogen (secondary N) is 1. The van der Waals surface area contributed by atoms with Gasteiger partial charge in [-0.1, -0.05) is 31.5 Å². The van der Waals surface area contributed by atoms with Gasteiger partial charge >= 0.3 is 0 Å². The van der Waals surface area contributed by atoms with Crippen LogP contribution in [0.4, 0.5) is 5.69 Å². The van der Waals surface area contributed by atoms with E-state index < -0.39 is 0 Å². The van der Waals surface area contributed by atoms with E-state index in [1.165, 1.54) is 11.3 Å². The number of amides is 2. The van der Waals surface area contributed by atoms with Gasteiger partial charge in [-0.05, 0) is 56.2 Å². The van der Waals surface area contributed by atoms with Crippen LogP contribution < -0.4 is 10.2 Å². The zero-order valence-corrected chi connectivity index (χ0v) is 18.9. The molecule has 1 heterocycles. The molecule has 6 heteroatoms. The molecule has 2 amide bonds. The van der Waals surface area contributed by atoms with Gasteiger partial charge in [0.15, 0.2) is 0 Å². The van der Waals surface area contributed by atoms with Gasteiger partial charge in [-0.15, -0.1) is 0 Å². The quantitative estimate of drug-likeness (QED) is 0.575. The molecular weight excluding hydrogens is 386 g/mol. The van der Waals surface area contributed by atoms with Crippen LogP contribution in [0.25, 0.3) is 0 Å². The van der Waals surface area contributed by atoms with E-state index in [0.29, 0.717) is 31.7 Å². The molecule has 29 heavy (non-hydrogen) atoms. The summed E-state index contributed by atoms with van der Waals surface area (Å²) in [6.07, 6.45) is 4.50. The second-order valence-corrected chi connectivity index (χ2v) is 8.51. The Balaban J connectivity index is 1.68. The van der Waals surface area contributed by atoms with E-state index in [0.717, 1.165) is 50.5 Å². The largest absolute Gasteiger partial charge is 0.371 e. The smallest absolute Gasteiger partial charge is 0.222 e. The lowest BCUT2D eigenvalue weighted by Gasteiger charge is -2.21. The molecule has 0 aliphatic carbocycles. The van der Waals surface area contributed by atoms with E-state index in [-0.39, 0.29) is 11.8 Å². The minimum Gasteiger partial charge on any atom is -0.371 e. The number of benzene rings is 1. The van der Waals surface area contributed by atoms with Crippen LogP contribution in [-0.2, 0) is 9.59 Å². The Morgan fingerprint density at radius 2 is 1.93 bits per heavy atom. The highest BCUT2D eigenvalue weighted by Gasteiger charge is 2.24. The van der Waals surface area contributed by atoms with Crippen molar-refractivity contribution >= 4 is 29.1 Å². The first-order valence-electron chi connectivity index (χ1n) is 11.0. The van der Waals surface area contributed by atoms with Crippen LogP contribution in [0.15, 0.2) is 18.2 Å². The average Bonchev–Trinajstić information content (AvgIpc) is 3.17. The number of aryl methyl sites for hydroxylation is 1. The van der Waals surface area contributed by atoms with Crippen molar-refractivity contribution in [2.75, 3.05) is 37.6 Å². The molecule has 0 saturated carbocycles. The Bertz CT molecular complexity index is 674. The highest BCUT2D eigenvalue weighted by atomic mass is 35.5. The molecular formula is C23H36ClN3O2. The van der Waals surface area contributed by atoms with E-state index in [1.54, 1.807) is 0 Å². The molecule has 5 nitrogen and oxygen atoms in total. The Labute approximate surface area is 180 Å². The number of carbonyl (C=O) groups is 2. The van der Waals surface area contributed by atoms with Crippen LogP contribution in [0, 0.1) is 12.8 Å². The van der Waals surface area contributed by atoms with E-state index in [2.05, 4.69) is 37.1 Å². The first-order valence-corrected chi connectivity index (χ1v) is 11.4. The van der Waals surface area contributed by atoms with Crippen molar-refractivity contribution in [2.45, 2.75) is 59.3 Å². The first-order chi connectivity index (χ1) is 13.9. The predicted octanol–water partition coefficient (Wildman–Crippen LogP) is 4.41. The Hall–Kier alpha value is -1.75. The minimum atomic E-state index is 0.0488. The lowest BCUT2D eigenvalue weighted by molar-refractivity contribution is -0.131. The molecule has 1 atom stereocenters. The van der Waals surface area contributed by atoms with E-state index in [1.807, 2.05) is 17.0 Å². The van der Waals surface area contributed by atoms with Crippen LogP contribution in [0.5, 0.6) is 0 Å². The molecule has 0 aromatic heterocycles. The summed E-state index contributed by atoms with van der Waals surface area (Å²) in [5.41, 5.74) is 2.41. The second-order valence-electron chi connectivity index (χ2n) is 8.07. The molecule has 1 N–H and O–H groups in total. The predicted molar refractivity (Wildman–Crippen MR) is 121 cm³/mol. The normalized spacial score (nSPS) is 16.1. The lowest BCUT2D eigenvalue weighted by atomic mass is 10.1. The molecule has 1 aromatic rings. The summed E-state index contributed by atoms with van der Waals surface area (Å²) in [5.74, 6) is 0.668.